The Kier molecular flexibility index (Phi) is 10.7. The van der Waals surface area contributed by atoms with Gasteiger partial charge in [0.1, 0.15) is 0 Å². The first-order valence-corrected chi connectivity index (χ1v) is 16.3. The third kappa shape index (κ3) is 6.98. The molecule has 7 rings (SSSR count). The summed E-state index contributed by atoms with van der Waals surface area (Å²) in [5.74, 6) is 3.21. The summed E-state index contributed by atoms with van der Waals surface area (Å²) >= 11 is 0. The van der Waals surface area contributed by atoms with Crippen LogP contribution < -0.4 is 0 Å². The van der Waals surface area contributed by atoms with Crippen molar-refractivity contribution in [2.24, 2.45) is 35.5 Å². The van der Waals surface area contributed by atoms with Crippen LogP contribution in [-0.2, 0) is 20.1 Å². The van der Waals surface area contributed by atoms with Gasteiger partial charge < -0.3 is 15.2 Å². The van der Waals surface area contributed by atoms with Crippen molar-refractivity contribution >= 4 is 10.8 Å². The number of aromatic nitrogens is 1. The minimum absolute atomic E-state index is 0. The van der Waals surface area contributed by atoms with E-state index in [9.17, 15) is 10.2 Å². The number of nitrogens with zero attached hydrogens (tertiary/aromatic N) is 1. The fourth-order valence-electron chi connectivity index (χ4n) is 8.98. The molecule has 0 bridgehead atoms. The Hall–Kier alpha value is -1.58. The molecule has 1 aromatic heterocycles. The first-order valence-electron chi connectivity index (χ1n) is 16.3. The number of hydrogen-bond acceptors (Lipinski definition) is 3. The zero-order chi connectivity index (χ0) is 27.5. The van der Waals surface area contributed by atoms with Gasteiger partial charge in [0.05, 0.1) is 12.2 Å². The normalized spacial score (nSPS) is 30.6. The van der Waals surface area contributed by atoms with Gasteiger partial charge in [0.15, 0.2) is 0 Å². The second kappa shape index (κ2) is 14.3. The summed E-state index contributed by atoms with van der Waals surface area (Å²) in [6.45, 7) is 2.11. The molecule has 3 aromatic rings. The van der Waals surface area contributed by atoms with Crippen LogP contribution in [0.5, 0.6) is 0 Å². The van der Waals surface area contributed by atoms with E-state index in [-0.39, 0.29) is 38.2 Å². The molecule has 4 heteroatoms. The first-order chi connectivity index (χ1) is 19.6. The van der Waals surface area contributed by atoms with E-state index in [0.717, 1.165) is 23.1 Å². The Morgan fingerprint density at radius 1 is 0.683 bits per heavy atom. The standard InChI is InChI=1S/C21H36O2.C16H12N.Ir/c22-20-17(14-6-1-2-7-14)11-5-10-16-12-13-18(21(23)19(16)20)15-8-3-4-9-15;1-12-7-8-14-11-17-16(10-15(14)9-12)13-5-3-2-4-6-13;/h14-23H,1-13H2;2-5,7-11H,1H3;/q;-1;/t16?,17-,18+,19?,20?,21?;;/m1../s1. The molecular weight excluding hydrogens is 683 g/mol. The quantitative estimate of drug-likeness (QED) is 0.266. The first kappa shape index (κ1) is 30.9. The van der Waals surface area contributed by atoms with E-state index in [1.54, 1.807) is 0 Å². The van der Waals surface area contributed by atoms with Crippen molar-refractivity contribution in [3.8, 4) is 11.3 Å². The summed E-state index contributed by atoms with van der Waals surface area (Å²) in [4.78, 5) is 4.48. The van der Waals surface area contributed by atoms with Crippen LogP contribution >= 0.6 is 0 Å². The van der Waals surface area contributed by atoms with Gasteiger partial charge in [-0.25, -0.2) is 0 Å². The number of rotatable bonds is 3. The Morgan fingerprint density at radius 3 is 2.00 bits per heavy atom. The molecule has 6 atom stereocenters. The van der Waals surface area contributed by atoms with Crippen LogP contribution in [0.3, 0.4) is 0 Å². The van der Waals surface area contributed by atoms with E-state index in [4.69, 9.17) is 0 Å². The summed E-state index contributed by atoms with van der Waals surface area (Å²) < 4.78 is 0. The van der Waals surface area contributed by atoms with Crippen molar-refractivity contribution in [2.45, 2.75) is 103 Å². The molecule has 1 heterocycles. The van der Waals surface area contributed by atoms with E-state index < -0.39 is 0 Å². The largest absolute Gasteiger partial charge is 0.392 e. The van der Waals surface area contributed by atoms with Crippen molar-refractivity contribution in [3.63, 3.8) is 0 Å². The van der Waals surface area contributed by atoms with Gasteiger partial charge in [0.25, 0.3) is 0 Å². The number of fused-ring (bicyclic) bond motifs is 2. The third-order valence-corrected chi connectivity index (χ3v) is 11.1. The van der Waals surface area contributed by atoms with Gasteiger partial charge in [-0.05, 0) is 78.7 Å². The van der Waals surface area contributed by atoms with Crippen LogP contribution in [0, 0.1) is 48.5 Å². The Labute approximate surface area is 260 Å². The molecule has 4 fully saturated rings. The van der Waals surface area contributed by atoms with Crippen LogP contribution in [0.1, 0.15) is 89.0 Å². The number of hydrogen-bond donors (Lipinski definition) is 2. The average molecular weight is 731 g/mol. The average Bonchev–Trinajstić information content (AvgIpc) is 3.68. The van der Waals surface area contributed by atoms with Gasteiger partial charge in [-0.2, -0.15) is 0 Å². The number of pyridine rings is 1. The Morgan fingerprint density at radius 2 is 1.34 bits per heavy atom. The molecule has 4 aliphatic rings. The third-order valence-electron chi connectivity index (χ3n) is 11.1. The number of aryl methyl sites for hydroxylation is 1. The Balaban J connectivity index is 0.000000168. The second-order valence-electron chi connectivity index (χ2n) is 13.4. The van der Waals surface area contributed by atoms with Crippen molar-refractivity contribution in [1.29, 1.82) is 0 Å². The Bertz CT molecular complexity index is 1240. The molecular formula is C37H48IrNO2-. The molecule has 41 heavy (non-hydrogen) atoms. The van der Waals surface area contributed by atoms with Crippen molar-refractivity contribution < 1.29 is 30.3 Å². The molecule has 223 valence electrons. The molecule has 2 aromatic carbocycles. The van der Waals surface area contributed by atoms with Crippen molar-refractivity contribution in [3.05, 3.63) is 66.4 Å². The number of benzene rings is 2. The summed E-state index contributed by atoms with van der Waals surface area (Å²) in [6, 6.07) is 19.6. The van der Waals surface area contributed by atoms with Crippen molar-refractivity contribution in [1.82, 2.24) is 4.98 Å². The molecule has 0 aliphatic heterocycles. The fraction of sp³-hybridized carbons (Fsp3) is 0.595. The molecule has 3 nitrogen and oxygen atoms in total. The maximum absolute atomic E-state index is 11.3. The molecule has 0 spiro atoms. The van der Waals surface area contributed by atoms with Crippen LogP contribution in [0.15, 0.2) is 54.7 Å². The molecule has 4 aliphatic carbocycles. The van der Waals surface area contributed by atoms with E-state index in [2.05, 4.69) is 42.2 Å². The minimum Gasteiger partial charge on any atom is -0.392 e. The van der Waals surface area contributed by atoms with Gasteiger partial charge in [-0.1, -0.05) is 87.6 Å². The minimum atomic E-state index is -0.232. The van der Waals surface area contributed by atoms with Crippen LogP contribution in [0.4, 0.5) is 0 Å². The van der Waals surface area contributed by atoms with E-state index in [0.29, 0.717) is 17.8 Å². The molecule has 0 amide bonds. The van der Waals surface area contributed by atoms with E-state index >= 15 is 0 Å². The van der Waals surface area contributed by atoms with Crippen LogP contribution in [0.2, 0.25) is 0 Å². The van der Waals surface area contributed by atoms with Gasteiger partial charge in [0.2, 0.25) is 0 Å². The molecule has 4 unspecified atom stereocenters. The van der Waals surface area contributed by atoms with E-state index in [1.165, 1.54) is 99.8 Å². The smallest absolute Gasteiger partial charge is 0.0626 e. The van der Waals surface area contributed by atoms with Gasteiger partial charge in [-0.3, -0.25) is 0 Å². The summed E-state index contributed by atoms with van der Waals surface area (Å²) in [5.41, 5.74) is 3.28. The van der Waals surface area contributed by atoms with Gasteiger partial charge >= 0.3 is 0 Å². The monoisotopic (exact) mass is 731 g/mol. The predicted molar refractivity (Wildman–Crippen MR) is 164 cm³/mol. The second-order valence-corrected chi connectivity index (χ2v) is 13.4. The zero-order valence-electron chi connectivity index (χ0n) is 24.7. The number of aliphatic hydroxyl groups excluding tert-OH is 2. The molecule has 4 saturated carbocycles. The molecule has 1 radical (unpaired) electrons. The zero-order valence-corrected chi connectivity index (χ0v) is 27.1. The summed E-state index contributed by atoms with van der Waals surface area (Å²) in [5, 5.41) is 24.9. The summed E-state index contributed by atoms with van der Waals surface area (Å²) in [7, 11) is 0. The topological polar surface area (TPSA) is 53.4 Å². The van der Waals surface area contributed by atoms with Crippen LogP contribution in [-0.4, -0.2) is 27.4 Å². The maximum Gasteiger partial charge on any atom is 0.0626 e. The van der Waals surface area contributed by atoms with E-state index in [1.807, 2.05) is 30.5 Å². The van der Waals surface area contributed by atoms with Gasteiger partial charge in [-0.15, -0.1) is 35.9 Å². The van der Waals surface area contributed by atoms with Crippen LogP contribution in [0.25, 0.3) is 22.0 Å². The molecule has 0 saturated heterocycles. The SMILES string of the molecule is Cc1ccc2cnc(-c3[c-]cccc3)cc2c1.OC1C2C(CCC[C@@H]1C1CCCC1)CC[C@@H](C1CCCC1)C2O.[Ir]. The molecule has 2 N–H and O–H groups in total. The van der Waals surface area contributed by atoms with Crippen molar-refractivity contribution in [2.75, 3.05) is 0 Å². The fourth-order valence-corrected chi connectivity index (χ4v) is 8.98. The maximum atomic E-state index is 11.3. The van der Waals surface area contributed by atoms with Gasteiger partial charge in [0, 0.05) is 32.2 Å². The predicted octanol–water partition coefficient (Wildman–Crippen LogP) is 8.54. The summed E-state index contributed by atoms with van der Waals surface area (Å²) in [6.07, 6.45) is 18.4. The number of aliphatic hydroxyl groups is 2.